The molecule has 0 heterocycles. The number of rotatable bonds is 6. The highest BCUT2D eigenvalue weighted by Crippen LogP contribution is 2.08. The molecule has 2 N–H and O–H groups in total. The molecule has 0 unspecified atom stereocenters. The van der Waals surface area contributed by atoms with Crippen LogP contribution in [0.2, 0.25) is 0 Å². The lowest BCUT2D eigenvalue weighted by molar-refractivity contribution is 0.0710. The molecule has 0 radical (unpaired) electrons. The van der Waals surface area contributed by atoms with E-state index >= 15 is 0 Å². The number of carbonyl (C=O) groups excluding carboxylic acids is 1. The average Bonchev–Trinajstić information content (AvgIpc) is 2.38. The van der Waals surface area contributed by atoms with Crippen molar-refractivity contribution in [2.45, 2.75) is 6.92 Å². The van der Waals surface area contributed by atoms with Crippen molar-refractivity contribution in [3.8, 4) is 0 Å². The van der Waals surface area contributed by atoms with Crippen LogP contribution in [-0.4, -0.2) is 42.6 Å². The summed E-state index contributed by atoms with van der Waals surface area (Å²) in [6, 6.07) is 7.03. The van der Waals surface area contributed by atoms with Crippen LogP contribution in [0.15, 0.2) is 24.3 Å². The van der Waals surface area contributed by atoms with Crippen LogP contribution in [0.3, 0.4) is 0 Å². The van der Waals surface area contributed by atoms with Crippen LogP contribution in [0, 0.1) is 0 Å². The van der Waals surface area contributed by atoms with E-state index in [0.29, 0.717) is 35.9 Å². The number of likely N-dealkylation sites (N-methyl/N-ethyl adjacent to an activating group) is 1. The van der Waals surface area contributed by atoms with Gasteiger partial charge in [-0.15, -0.1) is 0 Å². The van der Waals surface area contributed by atoms with Gasteiger partial charge in [0, 0.05) is 31.3 Å². The second kappa shape index (κ2) is 7.08. The van der Waals surface area contributed by atoms with E-state index in [1.807, 2.05) is 6.92 Å². The molecule has 5 heteroatoms. The van der Waals surface area contributed by atoms with Crippen LogP contribution < -0.4 is 5.73 Å². The predicted molar refractivity (Wildman–Crippen MR) is 75.8 cm³/mol. The smallest absolute Gasteiger partial charge is 0.253 e. The number of benzene rings is 1. The van der Waals surface area contributed by atoms with Crippen LogP contribution >= 0.6 is 12.2 Å². The molecule has 18 heavy (non-hydrogen) atoms. The van der Waals surface area contributed by atoms with Gasteiger partial charge in [0.2, 0.25) is 0 Å². The molecular weight excluding hydrogens is 248 g/mol. The van der Waals surface area contributed by atoms with Gasteiger partial charge in [-0.1, -0.05) is 24.4 Å². The monoisotopic (exact) mass is 266 g/mol. The van der Waals surface area contributed by atoms with Crippen molar-refractivity contribution in [2.24, 2.45) is 5.73 Å². The Hall–Kier alpha value is -1.46. The third kappa shape index (κ3) is 4.09. The fourth-order valence-corrected chi connectivity index (χ4v) is 1.60. The first kappa shape index (κ1) is 14.6. The van der Waals surface area contributed by atoms with Crippen molar-refractivity contribution in [1.82, 2.24) is 4.90 Å². The molecule has 0 aliphatic carbocycles. The molecule has 1 aromatic carbocycles. The third-order valence-electron chi connectivity index (χ3n) is 2.52. The SMILES string of the molecule is CCOCCN(C)C(=O)c1cccc(C(N)=S)c1. The fourth-order valence-electron chi connectivity index (χ4n) is 1.47. The number of nitrogens with two attached hydrogens (primary N) is 1. The minimum atomic E-state index is -0.0622. The summed E-state index contributed by atoms with van der Waals surface area (Å²) >= 11 is 4.89. The van der Waals surface area contributed by atoms with Gasteiger partial charge in [-0.2, -0.15) is 0 Å². The maximum absolute atomic E-state index is 12.1. The van der Waals surface area contributed by atoms with Gasteiger partial charge in [-0.25, -0.2) is 0 Å². The van der Waals surface area contributed by atoms with Gasteiger partial charge in [-0.3, -0.25) is 4.79 Å². The largest absolute Gasteiger partial charge is 0.389 e. The second-order valence-electron chi connectivity index (χ2n) is 3.87. The highest BCUT2D eigenvalue weighted by molar-refractivity contribution is 7.80. The van der Waals surface area contributed by atoms with Gasteiger partial charge >= 0.3 is 0 Å². The van der Waals surface area contributed by atoms with Crippen molar-refractivity contribution >= 4 is 23.1 Å². The summed E-state index contributed by atoms with van der Waals surface area (Å²) in [6.45, 7) is 3.67. The van der Waals surface area contributed by atoms with Crippen LogP contribution in [-0.2, 0) is 4.74 Å². The summed E-state index contributed by atoms with van der Waals surface area (Å²) in [6.07, 6.45) is 0. The van der Waals surface area contributed by atoms with E-state index < -0.39 is 0 Å². The van der Waals surface area contributed by atoms with E-state index in [2.05, 4.69) is 0 Å². The molecule has 0 aliphatic rings. The first-order valence-electron chi connectivity index (χ1n) is 5.79. The molecule has 0 spiro atoms. The molecule has 98 valence electrons. The maximum Gasteiger partial charge on any atom is 0.253 e. The summed E-state index contributed by atoms with van der Waals surface area (Å²) in [5.74, 6) is -0.0622. The Balaban J connectivity index is 2.71. The second-order valence-corrected chi connectivity index (χ2v) is 4.31. The Morgan fingerprint density at radius 3 is 2.72 bits per heavy atom. The Morgan fingerprint density at radius 1 is 1.44 bits per heavy atom. The Labute approximate surface area is 113 Å². The molecule has 0 fully saturated rings. The van der Waals surface area contributed by atoms with Gasteiger partial charge in [0.25, 0.3) is 5.91 Å². The van der Waals surface area contributed by atoms with E-state index in [-0.39, 0.29) is 5.91 Å². The molecule has 0 aliphatic heterocycles. The van der Waals surface area contributed by atoms with Crippen molar-refractivity contribution in [3.63, 3.8) is 0 Å². The molecule has 0 saturated carbocycles. The van der Waals surface area contributed by atoms with E-state index in [4.69, 9.17) is 22.7 Å². The van der Waals surface area contributed by atoms with E-state index in [0.717, 1.165) is 0 Å². The molecule has 0 atom stereocenters. The summed E-state index contributed by atoms with van der Waals surface area (Å²) < 4.78 is 5.22. The number of hydrogen-bond donors (Lipinski definition) is 1. The third-order valence-corrected chi connectivity index (χ3v) is 2.75. The zero-order valence-electron chi connectivity index (χ0n) is 10.7. The molecule has 1 rings (SSSR count). The Kier molecular flexibility index (Phi) is 5.74. The van der Waals surface area contributed by atoms with E-state index in [1.165, 1.54) is 0 Å². The highest BCUT2D eigenvalue weighted by Gasteiger charge is 2.12. The van der Waals surface area contributed by atoms with Gasteiger partial charge in [0.1, 0.15) is 4.99 Å². The highest BCUT2D eigenvalue weighted by atomic mass is 32.1. The van der Waals surface area contributed by atoms with E-state index in [9.17, 15) is 4.79 Å². The lowest BCUT2D eigenvalue weighted by Crippen LogP contribution is -2.30. The van der Waals surface area contributed by atoms with Crippen molar-refractivity contribution in [1.29, 1.82) is 0 Å². The fraction of sp³-hybridized carbons (Fsp3) is 0.385. The molecule has 0 saturated heterocycles. The number of thiocarbonyl (C=S) groups is 1. The van der Waals surface area contributed by atoms with Crippen molar-refractivity contribution in [3.05, 3.63) is 35.4 Å². The lowest BCUT2D eigenvalue weighted by atomic mass is 10.1. The van der Waals surface area contributed by atoms with Crippen molar-refractivity contribution < 1.29 is 9.53 Å². The summed E-state index contributed by atoms with van der Waals surface area (Å²) in [7, 11) is 1.74. The topological polar surface area (TPSA) is 55.6 Å². The zero-order chi connectivity index (χ0) is 13.5. The molecule has 1 aromatic rings. The minimum absolute atomic E-state index is 0.0622. The number of ether oxygens (including phenoxy) is 1. The van der Waals surface area contributed by atoms with Gasteiger partial charge < -0.3 is 15.4 Å². The van der Waals surface area contributed by atoms with E-state index in [1.54, 1.807) is 36.2 Å². The Morgan fingerprint density at radius 2 is 2.11 bits per heavy atom. The van der Waals surface area contributed by atoms with Crippen LogP contribution in [0.5, 0.6) is 0 Å². The van der Waals surface area contributed by atoms with Gasteiger partial charge in [-0.05, 0) is 19.1 Å². The molecule has 0 aromatic heterocycles. The molecule has 4 nitrogen and oxygen atoms in total. The predicted octanol–water partition coefficient (Wildman–Crippen LogP) is 1.43. The van der Waals surface area contributed by atoms with Crippen LogP contribution in [0.4, 0.5) is 0 Å². The summed E-state index contributed by atoms with van der Waals surface area (Å²) in [5.41, 5.74) is 6.83. The minimum Gasteiger partial charge on any atom is -0.389 e. The molecular formula is C13H18N2O2S. The molecule has 1 amide bonds. The van der Waals surface area contributed by atoms with Crippen LogP contribution in [0.25, 0.3) is 0 Å². The number of carbonyl (C=O) groups is 1. The van der Waals surface area contributed by atoms with Gasteiger partial charge in [0.05, 0.1) is 6.61 Å². The zero-order valence-corrected chi connectivity index (χ0v) is 11.5. The molecule has 0 bridgehead atoms. The van der Waals surface area contributed by atoms with Gasteiger partial charge in [0.15, 0.2) is 0 Å². The first-order chi connectivity index (χ1) is 8.56. The normalized spacial score (nSPS) is 10.1. The quantitative estimate of drug-likeness (QED) is 0.625. The Bertz CT molecular complexity index is 435. The van der Waals surface area contributed by atoms with Crippen LogP contribution in [0.1, 0.15) is 22.8 Å². The average molecular weight is 266 g/mol. The standard InChI is InChI=1S/C13H18N2O2S/c1-3-17-8-7-15(2)13(16)11-6-4-5-10(9-11)12(14)18/h4-6,9H,3,7-8H2,1-2H3,(H2,14,18). The number of amides is 1. The van der Waals surface area contributed by atoms with Crippen molar-refractivity contribution in [2.75, 3.05) is 26.8 Å². The summed E-state index contributed by atoms with van der Waals surface area (Å²) in [4.78, 5) is 14.0. The number of hydrogen-bond acceptors (Lipinski definition) is 3. The number of nitrogens with zero attached hydrogens (tertiary/aromatic N) is 1. The maximum atomic E-state index is 12.1. The summed E-state index contributed by atoms with van der Waals surface area (Å²) in [5, 5.41) is 0. The lowest BCUT2D eigenvalue weighted by Gasteiger charge is -2.17. The first-order valence-corrected chi connectivity index (χ1v) is 6.20.